The highest BCUT2D eigenvalue weighted by Gasteiger charge is 2.17. The van der Waals surface area contributed by atoms with Crippen molar-refractivity contribution in [2.24, 2.45) is 5.92 Å². The third-order valence-electron chi connectivity index (χ3n) is 3.68. The number of benzene rings is 1. The van der Waals surface area contributed by atoms with E-state index in [0.29, 0.717) is 18.0 Å². The number of carbonyl (C=O) groups excluding carboxylic acids is 1. The maximum Gasteiger partial charge on any atom is 0.337 e. The van der Waals surface area contributed by atoms with Gasteiger partial charge in [0, 0.05) is 12.1 Å². The molecule has 0 unspecified atom stereocenters. The van der Waals surface area contributed by atoms with Crippen molar-refractivity contribution >= 4 is 29.2 Å². The molecule has 0 bridgehead atoms. The Morgan fingerprint density at radius 2 is 1.95 bits per heavy atom. The Kier molecular flexibility index (Phi) is 5.01. The van der Waals surface area contributed by atoms with Crippen LogP contribution in [0.3, 0.4) is 0 Å². The fraction of sp³-hybridized carbons (Fsp3) is 0.467. The van der Waals surface area contributed by atoms with Crippen molar-refractivity contribution in [2.75, 3.05) is 5.32 Å². The average molecular weight is 296 g/mol. The molecule has 5 heteroatoms. The molecule has 0 spiro atoms. The molecule has 4 nitrogen and oxygen atoms in total. The Morgan fingerprint density at radius 3 is 2.55 bits per heavy atom. The first-order valence-electron chi connectivity index (χ1n) is 6.89. The lowest BCUT2D eigenvalue weighted by Gasteiger charge is -2.20. The molecule has 2 rings (SSSR count). The Balaban J connectivity index is 1.93. The molecule has 0 radical (unpaired) electrons. The maximum atomic E-state index is 11.9. The monoisotopic (exact) mass is 295 g/mol. The number of carboxylic acid groups (broad SMARTS) is 1. The zero-order valence-corrected chi connectivity index (χ0v) is 11.9. The Morgan fingerprint density at radius 1 is 1.25 bits per heavy atom. The number of anilines is 1. The second-order valence-corrected chi connectivity index (χ2v) is 5.66. The van der Waals surface area contributed by atoms with E-state index in [0.717, 1.165) is 12.8 Å². The van der Waals surface area contributed by atoms with Crippen molar-refractivity contribution < 1.29 is 14.7 Å². The highest BCUT2D eigenvalue weighted by molar-refractivity contribution is 6.33. The van der Waals surface area contributed by atoms with E-state index in [9.17, 15) is 9.59 Å². The van der Waals surface area contributed by atoms with E-state index in [4.69, 9.17) is 16.7 Å². The molecule has 108 valence electrons. The van der Waals surface area contributed by atoms with E-state index in [1.54, 1.807) is 6.07 Å². The van der Waals surface area contributed by atoms with Gasteiger partial charge in [-0.05, 0) is 37.0 Å². The number of nitrogens with one attached hydrogen (secondary N) is 1. The first kappa shape index (κ1) is 14.9. The molecular formula is C15H18ClNO3. The molecule has 0 aromatic heterocycles. The molecule has 1 fully saturated rings. The predicted molar refractivity (Wildman–Crippen MR) is 78.2 cm³/mol. The summed E-state index contributed by atoms with van der Waals surface area (Å²) in [4.78, 5) is 22.8. The van der Waals surface area contributed by atoms with E-state index in [2.05, 4.69) is 5.32 Å². The summed E-state index contributed by atoms with van der Waals surface area (Å²) in [5.74, 6) is -0.636. The number of halogens is 1. The van der Waals surface area contributed by atoms with Gasteiger partial charge in [0.1, 0.15) is 0 Å². The van der Waals surface area contributed by atoms with Crippen LogP contribution in [0.2, 0.25) is 5.02 Å². The zero-order valence-electron chi connectivity index (χ0n) is 11.2. The minimum Gasteiger partial charge on any atom is -0.478 e. The first-order valence-corrected chi connectivity index (χ1v) is 7.27. The molecular weight excluding hydrogens is 278 g/mol. The van der Waals surface area contributed by atoms with E-state index in [1.165, 1.54) is 31.4 Å². The van der Waals surface area contributed by atoms with Gasteiger partial charge in [0.25, 0.3) is 0 Å². The van der Waals surface area contributed by atoms with Crippen LogP contribution in [-0.4, -0.2) is 17.0 Å². The highest BCUT2D eigenvalue weighted by atomic mass is 35.5. The van der Waals surface area contributed by atoms with Crippen LogP contribution in [-0.2, 0) is 4.79 Å². The number of amides is 1. The van der Waals surface area contributed by atoms with Gasteiger partial charge in [0.15, 0.2) is 0 Å². The number of hydrogen-bond acceptors (Lipinski definition) is 2. The topological polar surface area (TPSA) is 66.4 Å². The molecule has 0 atom stereocenters. The molecule has 1 aromatic carbocycles. The summed E-state index contributed by atoms with van der Waals surface area (Å²) in [5.41, 5.74) is 0.581. The van der Waals surface area contributed by atoms with Crippen LogP contribution in [0.15, 0.2) is 18.2 Å². The van der Waals surface area contributed by atoms with E-state index >= 15 is 0 Å². The van der Waals surface area contributed by atoms with Gasteiger partial charge in [-0.2, -0.15) is 0 Å². The van der Waals surface area contributed by atoms with Crippen LogP contribution in [0.5, 0.6) is 0 Å². The quantitative estimate of drug-likeness (QED) is 0.884. The van der Waals surface area contributed by atoms with Gasteiger partial charge in [0.2, 0.25) is 5.91 Å². The normalized spacial score (nSPS) is 15.8. The molecule has 2 N–H and O–H groups in total. The number of hydrogen-bond donors (Lipinski definition) is 2. The third-order valence-corrected chi connectivity index (χ3v) is 3.99. The van der Waals surface area contributed by atoms with Crippen LogP contribution >= 0.6 is 11.6 Å². The summed E-state index contributed by atoms with van der Waals surface area (Å²) < 4.78 is 0. The van der Waals surface area contributed by atoms with Crippen LogP contribution in [0, 0.1) is 5.92 Å². The van der Waals surface area contributed by atoms with Crippen molar-refractivity contribution in [2.45, 2.75) is 38.5 Å². The smallest absolute Gasteiger partial charge is 0.337 e. The lowest BCUT2D eigenvalue weighted by Crippen LogP contribution is -2.18. The van der Waals surface area contributed by atoms with Crippen molar-refractivity contribution in [1.82, 2.24) is 0 Å². The minimum absolute atomic E-state index is 0.0314. The molecule has 1 aromatic rings. The van der Waals surface area contributed by atoms with Crippen molar-refractivity contribution in [3.63, 3.8) is 0 Å². The predicted octanol–water partition coefficient (Wildman–Crippen LogP) is 3.95. The summed E-state index contributed by atoms with van der Waals surface area (Å²) >= 11 is 5.87. The molecule has 1 aliphatic rings. The minimum atomic E-state index is -1.07. The fourth-order valence-corrected chi connectivity index (χ4v) is 2.89. The van der Waals surface area contributed by atoms with Crippen LogP contribution in [0.4, 0.5) is 5.69 Å². The van der Waals surface area contributed by atoms with Gasteiger partial charge in [0.05, 0.1) is 10.6 Å². The van der Waals surface area contributed by atoms with E-state index < -0.39 is 5.97 Å². The van der Waals surface area contributed by atoms with Gasteiger partial charge in [-0.1, -0.05) is 30.9 Å². The summed E-state index contributed by atoms with van der Waals surface area (Å²) in [7, 11) is 0. The lowest BCUT2D eigenvalue weighted by atomic mass is 9.87. The molecule has 1 saturated carbocycles. The van der Waals surface area contributed by atoms with Gasteiger partial charge < -0.3 is 10.4 Å². The standard InChI is InChI=1S/C15H18ClNO3/c16-13-9-11(6-7-12(13)15(19)20)17-14(18)8-10-4-2-1-3-5-10/h6-7,9-10H,1-5,8H2,(H,17,18)(H,19,20). The molecule has 1 amide bonds. The molecule has 1 aliphatic carbocycles. The Labute approximate surface area is 123 Å². The van der Waals surface area contributed by atoms with E-state index in [1.807, 2.05) is 0 Å². The van der Waals surface area contributed by atoms with Crippen molar-refractivity contribution in [3.8, 4) is 0 Å². The SMILES string of the molecule is O=C(CC1CCCCC1)Nc1ccc(C(=O)O)c(Cl)c1. The molecule has 0 saturated heterocycles. The second kappa shape index (κ2) is 6.75. The third kappa shape index (κ3) is 3.97. The summed E-state index contributed by atoms with van der Waals surface area (Å²) in [6, 6.07) is 4.44. The van der Waals surface area contributed by atoms with Crippen LogP contribution in [0.25, 0.3) is 0 Å². The van der Waals surface area contributed by atoms with Gasteiger partial charge in [-0.3, -0.25) is 4.79 Å². The summed E-state index contributed by atoms with van der Waals surface area (Å²) in [6.45, 7) is 0. The second-order valence-electron chi connectivity index (χ2n) is 5.26. The first-order chi connectivity index (χ1) is 9.56. The van der Waals surface area contributed by atoms with Crippen molar-refractivity contribution in [3.05, 3.63) is 28.8 Å². The summed E-state index contributed by atoms with van der Waals surface area (Å²) in [6.07, 6.45) is 6.44. The average Bonchev–Trinajstić information content (AvgIpc) is 2.39. The van der Waals surface area contributed by atoms with Gasteiger partial charge in [-0.25, -0.2) is 4.79 Å². The maximum absolute atomic E-state index is 11.9. The number of carbonyl (C=O) groups is 2. The number of carboxylic acids is 1. The van der Waals surface area contributed by atoms with E-state index in [-0.39, 0.29) is 16.5 Å². The number of rotatable bonds is 4. The molecule has 0 heterocycles. The van der Waals surface area contributed by atoms with Crippen LogP contribution < -0.4 is 5.32 Å². The zero-order chi connectivity index (χ0) is 14.5. The lowest BCUT2D eigenvalue weighted by molar-refractivity contribution is -0.117. The van der Waals surface area contributed by atoms with Crippen LogP contribution in [0.1, 0.15) is 48.9 Å². The Hall–Kier alpha value is -1.55. The molecule has 0 aliphatic heterocycles. The molecule has 20 heavy (non-hydrogen) atoms. The fourth-order valence-electron chi connectivity index (χ4n) is 2.63. The highest BCUT2D eigenvalue weighted by Crippen LogP contribution is 2.27. The largest absolute Gasteiger partial charge is 0.478 e. The van der Waals surface area contributed by atoms with Gasteiger partial charge >= 0.3 is 5.97 Å². The Bertz CT molecular complexity index is 510. The summed E-state index contributed by atoms with van der Waals surface area (Å²) in [5, 5.41) is 11.8. The van der Waals surface area contributed by atoms with Crippen molar-refractivity contribution in [1.29, 1.82) is 0 Å². The number of aromatic carboxylic acids is 1. The van der Waals surface area contributed by atoms with Gasteiger partial charge in [-0.15, -0.1) is 0 Å².